The number of likely N-dealkylation sites (N-methyl/N-ethyl adjacent to an activating group) is 2. The number of anilines is 4. The third-order valence-electron chi connectivity index (χ3n) is 7.34. The molecule has 0 fully saturated rings. The van der Waals surface area contributed by atoms with Gasteiger partial charge in [0.25, 0.3) is 5.91 Å². The van der Waals surface area contributed by atoms with E-state index in [1.807, 2.05) is 37.6 Å². The Kier molecular flexibility index (Phi) is 12.2. The van der Waals surface area contributed by atoms with Crippen molar-refractivity contribution in [2.45, 2.75) is 18.7 Å². The minimum Gasteiger partial charge on any atom is -0.497 e. The summed E-state index contributed by atoms with van der Waals surface area (Å²) in [5.41, 5.74) is 2.33. The third-order valence-corrected chi connectivity index (χ3v) is 8.12. The van der Waals surface area contributed by atoms with E-state index in [1.54, 1.807) is 54.5 Å². The highest BCUT2D eigenvalue weighted by molar-refractivity contribution is 7.98. The summed E-state index contributed by atoms with van der Waals surface area (Å²) in [5.74, 6) is 1.22. The maximum absolute atomic E-state index is 13.8. The van der Waals surface area contributed by atoms with Crippen molar-refractivity contribution in [3.05, 3.63) is 84.6 Å². The zero-order chi connectivity index (χ0) is 33.1. The molecule has 1 heterocycles. The van der Waals surface area contributed by atoms with Gasteiger partial charge in [0.1, 0.15) is 11.5 Å². The largest absolute Gasteiger partial charge is 0.497 e. The van der Waals surface area contributed by atoms with Gasteiger partial charge in [-0.1, -0.05) is 26.0 Å². The van der Waals surface area contributed by atoms with Crippen molar-refractivity contribution in [3.8, 4) is 17.4 Å². The molecule has 46 heavy (non-hydrogen) atoms. The molecular weight excluding hydrogens is 604 g/mol. The number of nitrogens with one attached hydrogen (secondary N) is 1. The van der Waals surface area contributed by atoms with Crippen LogP contribution in [0.3, 0.4) is 0 Å². The molecule has 0 bridgehead atoms. The molecule has 0 aliphatic rings. The number of hydrogen-bond donors (Lipinski definition) is 1. The summed E-state index contributed by atoms with van der Waals surface area (Å²) in [6.07, 6.45) is 2.74. The van der Waals surface area contributed by atoms with Crippen molar-refractivity contribution in [1.82, 2.24) is 19.8 Å². The minimum atomic E-state index is -0.692. The molecule has 12 heteroatoms. The van der Waals surface area contributed by atoms with Crippen LogP contribution in [-0.2, 0) is 0 Å². The molecule has 2 amide bonds. The summed E-state index contributed by atoms with van der Waals surface area (Å²) in [7, 11) is 4.90. The van der Waals surface area contributed by atoms with Crippen molar-refractivity contribution >= 4 is 46.8 Å². The van der Waals surface area contributed by atoms with Crippen LogP contribution in [-0.4, -0.2) is 85.5 Å². The van der Waals surface area contributed by atoms with E-state index in [2.05, 4.69) is 34.0 Å². The third kappa shape index (κ3) is 8.46. The van der Waals surface area contributed by atoms with Crippen LogP contribution in [0.2, 0.25) is 0 Å². The summed E-state index contributed by atoms with van der Waals surface area (Å²) < 4.78 is 16.8. The van der Waals surface area contributed by atoms with E-state index >= 15 is 0 Å². The number of hydrogen-bond acceptors (Lipinski definition) is 10. The second-order valence-corrected chi connectivity index (χ2v) is 10.9. The molecule has 1 aromatic heterocycles. The normalized spacial score (nSPS) is 10.8. The van der Waals surface area contributed by atoms with Gasteiger partial charge in [0.05, 0.1) is 25.6 Å². The molecule has 3 aromatic carbocycles. The number of aromatic nitrogens is 2. The number of ether oxygens (including phenoxy) is 3. The minimum absolute atomic E-state index is 0.0447. The van der Waals surface area contributed by atoms with Crippen LogP contribution in [0, 0.1) is 0 Å². The van der Waals surface area contributed by atoms with E-state index in [0.717, 1.165) is 24.5 Å². The molecule has 0 saturated heterocycles. The quantitative estimate of drug-likeness (QED) is 0.149. The van der Waals surface area contributed by atoms with Crippen LogP contribution < -0.4 is 24.4 Å². The van der Waals surface area contributed by atoms with Crippen molar-refractivity contribution < 1.29 is 23.8 Å². The standard InChI is InChI=1S/C34H40N6O5S/c1-7-39(8-2)22-21-38(3)32(41)24-13-15-25(16-14-24)36-33-35-20-19-31(37-33)45-34(42)40(28-11-9-10-12-30(28)46-6)27-18-17-26(43-4)23-29(27)44-5/h9-20,23H,7-8,21-22H2,1-6H3,(H,35,36,37). The lowest BCUT2D eigenvalue weighted by molar-refractivity contribution is 0.0779. The smallest absolute Gasteiger partial charge is 0.425 e. The van der Waals surface area contributed by atoms with E-state index in [-0.39, 0.29) is 17.7 Å². The Balaban J connectivity index is 1.51. The van der Waals surface area contributed by atoms with Crippen molar-refractivity contribution in [2.24, 2.45) is 0 Å². The molecular formula is C34H40N6O5S. The van der Waals surface area contributed by atoms with E-state index < -0.39 is 6.09 Å². The van der Waals surface area contributed by atoms with Gasteiger partial charge in [-0.3, -0.25) is 4.79 Å². The molecule has 0 unspecified atom stereocenters. The number of methoxy groups -OCH3 is 2. The number of thioether (sulfide) groups is 1. The van der Waals surface area contributed by atoms with Gasteiger partial charge in [-0.15, -0.1) is 11.8 Å². The van der Waals surface area contributed by atoms with Crippen molar-refractivity contribution in [2.75, 3.05) is 63.9 Å². The summed E-state index contributed by atoms with van der Waals surface area (Å²) in [4.78, 5) is 41.7. The Labute approximate surface area is 274 Å². The molecule has 11 nitrogen and oxygen atoms in total. The average Bonchev–Trinajstić information content (AvgIpc) is 3.09. The van der Waals surface area contributed by atoms with Gasteiger partial charge < -0.3 is 29.3 Å². The number of carbonyl (C=O) groups excluding carboxylic acids is 2. The number of nitrogens with zero attached hydrogens (tertiary/aromatic N) is 5. The maximum atomic E-state index is 13.8. The fourth-order valence-corrected chi connectivity index (χ4v) is 5.27. The molecule has 0 spiro atoms. The van der Waals surface area contributed by atoms with Crippen molar-refractivity contribution in [3.63, 3.8) is 0 Å². The predicted octanol–water partition coefficient (Wildman–Crippen LogP) is 6.71. The Bertz CT molecular complexity index is 1620. The van der Waals surface area contributed by atoms with E-state index in [0.29, 0.717) is 40.7 Å². The lowest BCUT2D eigenvalue weighted by Crippen LogP contribution is -2.36. The molecule has 0 aliphatic heterocycles. The number of rotatable bonds is 14. The van der Waals surface area contributed by atoms with Crippen molar-refractivity contribution in [1.29, 1.82) is 0 Å². The number of amides is 2. The van der Waals surface area contributed by atoms with Crippen LogP contribution in [0.4, 0.5) is 27.8 Å². The van der Waals surface area contributed by atoms with Gasteiger partial charge in [-0.05, 0) is 67.9 Å². The molecule has 0 saturated carbocycles. The first-order valence-corrected chi connectivity index (χ1v) is 16.1. The number of benzene rings is 3. The summed E-state index contributed by atoms with van der Waals surface area (Å²) in [5, 5.41) is 3.11. The highest BCUT2D eigenvalue weighted by atomic mass is 32.2. The second kappa shape index (κ2) is 16.5. The summed E-state index contributed by atoms with van der Waals surface area (Å²) in [6, 6.07) is 21.3. The topological polar surface area (TPSA) is 109 Å². The fourth-order valence-electron chi connectivity index (χ4n) is 4.68. The zero-order valence-corrected chi connectivity index (χ0v) is 27.8. The zero-order valence-electron chi connectivity index (χ0n) is 27.0. The first-order chi connectivity index (χ1) is 22.3. The van der Waals surface area contributed by atoms with Crippen LogP contribution >= 0.6 is 11.8 Å². The van der Waals surface area contributed by atoms with Crippen LogP contribution in [0.5, 0.6) is 17.4 Å². The van der Waals surface area contributed by atoms with Crippen LogP contribution in [0.15, 0.2) is 83.9 Å². The van der Waals surface area contributed by atoms with E-state index in [1.165, 1.54) is 36.0 Å². The fraction of sp³-hybridized carbons (Fsp3) is 0.294. The molecule has 4 rings (SSSR count). The lowest BCUT2D eigenvalue weighted by atomic mass is 10.2. The van der Waals surface area contributed by atoms with Gasteiger partial charge in [0.15, 0.2) is 0 Å². The first-order valence-electron chi connectivity index (χ1n) is 14.9. The van der Waals surface area contributed by atoms with Gasteiger partial charge in [-0.25, -0.2) is 14.7 Å². The Morgan fingerprint density at radius 2 is 1.63 bits per heavy atom. The summed E-state index contributed by atoms with van der Waals surface area (Å²) >= 11 is 1.50. The highest BCUT2D eigenvalue weighted by Gasteiger charge is 2.27. The maximum Gasteiger partial charge on any atom is 0.425 e. The Hall–Kier alpha value is -4.81. The highest BCUT2D eigenvalue weighted by Crippen LogP contribution is 2.40. The van der Waals surface area contributed by atoms with Gasteiger partial charge in [0.2, 0.25) is 11.8 Å². The van der Waals surface area contributed by atoms with E-state index in [4.69, 9.17) is 14.2 Å². The van der Waals surface area contributed by atoms with E-state index in [9.17, 15) is 9.59 Å². The molecule has 0 aliphatic carbocycles. The number of carbonyl (C=O) groups is 2. The van der Waals surface area contributed by atoms with Crippen LogP contribution in [0.1, 0.15) is 24.2 Å². The monoisotopic (exact) mass is 644 g/mol. The predicted molar refractivity (Wildman–Crippen MR) is 182 cm³/mol. The molecule has 4 aromatic rings. The molecule has 242 valence electrons. The molecule has 0 atom stereocenters. The first kappa shape index (κ1) is 34.1. The second-order valence-electron chi connectivity index (χ2n) is 10.1. The van der Waals surface area contributed by atoms with Crippen LogP contribution in [0.25, 0.3) is 0 Å². The lowest BCUT2D eigenvalue weighted by Gasteiger charge is -2.25. The number of para-hydroxylation sites is 1. The van der Waals surface area contributed by atoms with Gasteiger partial charge in [0, 0.05) is 54.6 Å². The SMILES string of the molecule is CCN(CC)CCN(C)C(=O)c1ccc(Nc2nccc(OC(=O)N(c3ccc(OC)cc3OC)c3ccccc3SC)n2)cc1. The Morgan fingerprint density at radius 1 is 0.891 bits per heavy atom. The molecule has 0 radical (unpaired) electrons. The average molecular weight is 645 g/mol. The Morgan fingerprint density at radius 3 is 2.30 bits per heavy atom. The van der Waals surface area contributed by atoms with Gasteiger partial charge >= 0.3 is 6.09 Å². The van der Waals surface area contributed by atoms with Gasteiger partial charge in [-0.2, -0.15) is 4.98 Å². The molecule has 1 N–H and O–H groups in total. The summed E-state index contributed by atoms with van der Waals surface area (Å²) in [6.45, 7) is 7.59.